The van der Waals surface area contributed by atoms with Gasteiger partial charge in [0.1, 0.15) is 0 Å². The topological polar surface area (TPSA) is 61.7 Å². The standard InChI is InChI=1S/C34H41N5O2.ClH/c40-32(21-26-7-8-26)38-24-29(31(25-38)28-5-2-1-3-6-28)23-36-18-13-34(14-19-36)15-20-37(33(34)41)22-27-9-11-30(12-10-27)39-17-4-16-35-39;/h1-6,9-12,16-17,26,29,31H,7-8,13-15,18-25H2;1H/t29-,31+;/m0./s1. The van der Waals surface area contributed by atoms with E-state index in [9.17, 15) is 9.59 Å². The van der Waals surface area contributed by atoms with Crippen molar-refractivity contribution in [2.45, 2.75) is 51.0 Å². The number of likely N-dealkylation sites (tertiary alicyclic amines) is 3. The summed E-state index contributed by atoms with van der Waals surface area (Å²) >= 11 is 0. The van der Waals surface area contributed by atoms with Crippen molar-refractivity contribution in [1.82, 2.24) is 24.5 Å². The van der Waals surface area contributed by atoms with Crippen molar-refractivity contribution in [3.63, 3.8) is 0 Å². The zero-order chi connectivity index (χ0) is 27.8. The average molecular weight is 588 g/mol. The van der Waals surface area contributed by atoms with E-state index < -0.39 is 0 Å². The van der Waals surface area contributed by atoms with Gasteiger partial charge in [-0.3, -0.25) is 9.59 Å². The largest absolute Gasteiger partial charge is 0.342 e. The quantitative estimate of drug-likeness (QED) is 0.366. The summed E-state index contributed by atoms with van der Waals surface area (Å²) in [5.74, 6) is 2.14. The van der Waals surface area contributed by atoms with E-state index in [0.29, 0.717) is 36.1 Å². The summed E-state index contributed by atoms with van der Waals surface area (Å²) < 4.78 is 1.85. The average Bonchev–Trinajstić information content (AvgIpc) is 3.36. The molecule has 3 saturated heterocycles. The second kappa shape index (κ2) is 12.2. The number of halogens is 1. The Morgan fingerprint density at radius 3 is 2.33 bits per heavy atom. The summed E-state index contributed by atoms with van der Waals surface area (Å²) in [5, 5.41) is 4.30. The molecular weight excluding hydrogens is 546 g/mol. The molecule has 4 heterocycles. The van der Waals surface area contributed by atoms with Crippen LogP contribution >= 0.6 is 12.4 Å². The van der Waals surface area contributed by atoms with Crippen molar-refractivity contribution >= 4 is 24.2 Å². The van der Waals surface area contributed by atoms with E-state index in [0.717, 1.165) is 76.2 Å². The van der Waals surface area contributed by atoms with Crippen molar-refractivity contribution in [3.05, 3.63) is 84.2 Å². The first-order valence-corrected chi connectivity index (χ1v) is 15.5. The second-order valence-corrected chi connectivity index (χ2v) is 12.9. The summed E-state index contributed by atoms with van der Waals surface area (Å²) in [5.41, 5.74) is 3.35. The number of carbonyl (C=O) groups is 2. The van der Waals surface area contributed by atoms with Gasteiger partial charge in [0.25, 0.3) is 0 Å². The SMILES string of the molecule is Cl.O=C(CC1CC1)N1C[C@H](CN2CCC3(CC2)CCN(Cc2ccc(-n4cccn4)cc2)C3=O)[C@@H](c2ccccc2)C1. The smallest absolute Gasteiger partial charge is 0.229 e. The predicted octanol–water partition coefficient (Wildman–Crippen LogP) is 5.15. The Labute approximate surface area is 255 Å². The fraction of sp³-hybridized carbons (Fsp3) is 0.500. The van der Waals surface area contributed by atoms with E-state index in [4.69, 9.17) is 0 Å². The third-order valence-corrected chi connectivity index (χ3v) is 10.2. The lowest BCUT2D eigenvalue weighted by atomic mass is 9.76. The third-order valence-electron chi connectivity index (χ3n) is 10.2. The van der Waals surface area contributed by atoms with Gasteiger partial charge >= 0.3 is 0 Å². The van der Waals surface area contributed by atoms with Crippen molar-refractivity contribution in [2.75, 3.05) is 39.3 Å². The van der Waals surface area contributed by atoms with Crippen LogP contribution in [0.2, 0.25) is 0 Å². The molecule has 0 radical (unpaired) electrons. The van der Waals surface area contributed by atoms with E-state index in [2.05, 4.69) is 74.4 Å². The molecule has 1 saturated carbocycles. The number of carbonyl (C=O) groups excluding carboxylic acids is 2. The van der Waals surface area contributed by atoms with Crippen LogP contribution in [-0.4, -0.2) is 75.6 Å². The molecule has 42 heavy (non-hydrogen) atoms. The van der Waals surface area contributed by atoms with Crippen LogP contribution in [0, 0.1) is 17.3 Å². The molecule has 4 fully saturated rings. The van der Waals surface area contributed by atoms with E-state index in [1.165, 1.54) is 18.4 Å². The van der Waals surface area contributed by atoms with Gasteiger partial charge in [-0.15, -0.1) is 12.4 Å². The van der Waals surface area contributed by atoms with Gasteiger partial charge < -0.3 is 14.7 Å². The lowest BCUT2D eigenvalue weighted by molar-refractivity contribution is -0.139. The Balaban J connectivity index is 0.00000316. The number of amides is 2. The highest BCUT2D eigenvalue weighted by Crippen LogP contribution is 2.43. The van der Waals surface area contributed by atoms with Crippen LogP contribution in [0.5, 0.6) is 0 Å². The fourth-order valence-electron chi connectivity index (χ4n) is 7.43. The normalized spacial score (nSPS) is 23.9. The highest BCUT2D eigenvalue weighted by molar-refractivity contribution is 5.85. The molecule has 7 rings (SSSR count). The fourth-order valence-corrected chi connectivity index (χ4v) is 7.43. The van der Waals surface area contributed by atoms with Crippen LogP contribution in [0.1, 0.15) is 55.6 Å². The summed E-state index contributed by atoms with van der Waals surface area (Å²) in [6.45, 7) is 6.15. The number of rotatable bonds is 8. The van der Waals surface area contributed by atoms with Gasteiger partial charge in [-0.25, -0.2) is 4.68 Å². The molecule has 3 aliphatic heterocycles. The molecule has 8 heteroatoms. The second-order valence-electron chi connectivity index (χ2n) is 12.9. The van der Waals surface area contributed by atoms with E-state index in [1.54, 1.807) is 6.20 Å². The van der Waals surface area contributed by atoms with Crippen LogP contribution in [0.15, 0.2) is 73.1 Å². The maximum atomic E-state index is 13.7. The summed E-state index contributed by atoms with van der Waals surface area (Å²) in [6, 6.07) is 21.1. The predicted molar refractivity (Wildman–Crippen MR) is 166 cm³/mol. The Morgan fingerprint density at radius 2 is 1.64 bits per heavy atom. The highest BCUT2D eigenvalue weighted by Gasteiger charge is 2.48. The number of nitrogens with zero attached hydrogens (tertiary/aromatic N) is 5. The first-order chi connectivity index (χ1) is 20.1. The summed E-state index contributed by atoms with van der Waals surface area (Å²) in [7, 11) is 0. The monoisotopic (exact) mass is 587 g/mol. The molecule has 2 atom stereocenters. The zero-order valence-corrected chi connectivity index (χ0v) is 25.1. The molecule has 2 aromatic carbocycles. The van der Waals surface area contributed by atoms with Crippen molar-refractivity contribution in [3.8, 4) is 5.69 Å². The summed E-state index contributed by atoms with van der Waals surface area (Å²) in [6.07, 6.45) is 9.72. The van der Waals surface area contributed by atoms with Gasteiger partial charge in [0.05, 0.1) is 11.1 Å². The Hall–Kier alpha value is -3.16. The van der Waals surface area contributed by atoms with E-state index in [1.807, 2.05) is 16.9 Å². The molecule has 2 amide bonds. The van der Waals surface area contributed by atoms with Crippen molar-refractivity contribution in [2.24, 2.45) is 17.3 Å². The van der Waals surface area contributed by atoms with Gasteiger partial charge in [0.15, 0.2) is 0 Å². The first-order valence-electron chi connectivity index (χ1n) is 15.5. The molecule has 1 aromatic heterocycles. The molecular formula is C34H42ClN5O2. The Morgan fingerprint density at radius 1 is 0.905 bits per heavy atom. The van der Waals surface area contributed by atoms with Crippen LogP contribution in [0.4, 0.5) is 0 Å². The number of piperidine rings is 1. The van der Waals surface area contributed by atoms with Crippen LogP contribution in [-0.2, 0) is 16.1 Å². The number of aromatic nitrogens is 2. The molecule has 222 valence electrons. The molecule has 7 nitrogen and oxygen atoms in total. The van der Waals surface area contributed by atoms with Crippen molar-refractivity contribution < 1.29 is 9.59 Å². The molecule has 0 N–H and O–H groups in total. The van der Waals surface area contributed by atoms with Gasteiger partial charge in [0, 0.05) is 57.5 Å². The van der Waals surface area contributed by atoms with E-state index in [-0.39, 0.29) is 17.8 Å². The molecule has 4 aliphatic rings. The minimum Gasteiger partial charge on any atom is -0.342 e. The van der Waals surface area contributed by atoms with Gasteiger partial charge in [0.2, 0.25) is 11.8 Å². The Bertz CT molecular complexity index is 1350. The van der Waals surface area contributed by atoms with Crippen LogP contribution < -0.4 is 0 Å². The first kappa shape index (κ1) is 28.9. The number of hydrogen-bond acceptors (Lipinski definition) is 4. The lowest BCUT2D eigenvalue weighted by Crippen LogP contribution is -2.46. The maximum absolute atomic E-state index is 13.7. The third kappa shape index (κ3) is 6.00. The van der Waals surface area contributed by atoms with Gasteiger partial charge in [-0.1, -0.05) is 42.5 Å². The van der Waals surface area contributed by atoms with E-state index >= 15 is 0 Å². The number of benzene rings is 2. The molecule has 0 bridgehead atoms. The van der Waals surface area contributed by atoms with Crippen molar-refractivity contribution in [1.29, 1.82) is 0 Å². The van der Waals surface area contributed by atoms with Crippen LogP contribution in [0.3, 0.4) is 0 Å². The van der Waals surface area contributed by atoms with Crippen LogP contribution in [0.25, 0.3) is 5.69 Å². The molecule has 1 spiro atoms. The van der Waals surface area contributed by atoms with Gasteiger partial charge in [-0.05, 0) is 86.4 Å². The molecule has 3 aromatic rings. The zero-order valence-electron chi connectivity index (χ0n) is 24.3. The molecule has 0 unspecified atom stereocenters. The minimum atomic E-state index is -0.202. The summed E-state index contributed by atoms with van der Waals surface area (Å²) in [4.78, 5) is 33.5. The highest BCUT2D eigenvalue weighted by atomic mass is 35.5. The number of hydrogen-bond donors (Lipinski definition) is 0. The lowest BCUT2D eigenvalue weighted by Gasteiger charge is -2.39. The Kier molecular flexibility index (Phi) is 8.42. The van der Waals surface area contributed by atoms with Gasteiger partial charge in [-0.2, -0.15) is 5.10 Å². The minimum absolute atomic E-state index is 0. The maximum Gasteiger partial charge on any atom is 0.229 e. The molecule has 1 aliphatic carbocycles.